The van der Waals surface area contributed by atoms with Gasteiger partial charge in [-0.15, -0.1) is 0 Å². The van der Waals surface area contributed by atoms with Gasteiger partial charge < -0.3 is 10.6 Å². The lowest BCUT2D eigenvalue weighted by molar-refractivity contribution is -0.134. The largest absolute Gasteiger partial charge is 0.353 e. The van der Waals surface area contributed by atoms with Crippen LogP contribution >= 0.6 is 0 Å². The van der Waals surface area contributed by atoms with Crippen LogP contribution in [0, 0.1) is 11.8 Å². The second-order valence-electron chi connectivity index (χ2n) is 8.13. The Morgan fingerprint density at radius 1 is 1.19 bits per heavy atom. The third-order valence-electron chi connectivity index (χ3n) is 6.67. The molecule has 0 bridgehead atoms. The van der Waals surface area contributed by atoms with Crippen molar-refractivity contribution in [2.75, 3.05) is 20.1 Å². The zero-order chi connectivity index (χ0) is 18.1. The Hall–Kier alpha value is -1.88. The van der Waals surface area contributed by atoms with Gasteiger partial charge in [-0.25, -0.2) is 0 Å². The number of piperazine rings is 1. The van der Waals surface area contributed by atoms with Gasteiger partial charge in [-0.1, -0.05) is 43.2 Å². The number of amides is 2. The molecule has 0 aromatic heterocycles. The Bertz CT molecular complexity index is 662. The highest BCUT2D eigenvalue weighted by molar-refractivity contribution is 5.89. The smallest absolute Gasteiger partial charge is 0.237 e. The van der Waals surface area contributed by atoms with Gasteiger partial charge >= 0.3 is 0 Å². The van der Waals surface area contributed by atoms with E-state index in [4.69, 9.17) is 0 Å². The van der Waals surface area contributed by atoms with Crippen molar-refractivity contribution >= 4 is 11.8 Å². The van der Waals surface area contributed by atoms with E-state index in [1.54, 1.807) is 0 Å². The Labute approximate surface area is 155 Å². The lowest BCUT2D eigenvalue weighted by Gasteiger charge is -2.55. The highest BCUT2D eigenvalue weighted by Crippen LogP contribution is 2.54. The first-order valence-corrected chi connectivity index (χ1v) is 9.97. The molecule has 1 aromatic rings. The van der Waals surface area contributed by atoms with Crippen LogP contribution in [0.15, 0.2) is 30.3 Å². The number of carbonyl (C=O) groups is 2. The summed E-state index contributed by atoms with van der Waals surface area (Å²) in [7, 11) is 1.92. The van der Waals surface area contributed by atoms with Gasteiger partial charge in [0.05, 0.1) is 12.5 Å². The molecule has 1 aromatic carbocycles. The second-order valence-corrected chi connectivity index (χ2v) is 8.13. The van der Waals surface area contributed by atoms with Crippen LogP contribution in [0.2, 0.25) is 0 Å². The maximum absolute atomic E-state index is 12.7. The van der Waals surface area contributed by atoms with E-state index in [1.807, 2.05) is 18.0 Å². The summed E-state index contributed by atoms with van der Waals surface area (Å²) in [5.41, 5.74) is 1.34. The molecule has 2 saturated carbocycles. The third kappa shape index (κ3) is 3.25. The first-order chi connectivity index (χ1) is 12.6. The van der Waals surface area contributed by atoms with E-state index in [1.165, 1.54) is 31.2 Å². The van der Waals surface area contributed by atoms with Crippen LogP contribution in [0.5, 0.6) is 0 Å². The topological polar surface area (TPSA) is 61.4 Å². The SMILES string of the molecule is CN1CCNC(=O)[C@@H]1CC(=O)N[C@H]1[C@H]2CCCC[C@@H]2[C@@H]1c1ccccc1. The molecule has 4 rings (SSSR count). The van der Waals surface area contributed by atoms with Crippen LogP contribution in [0.4, 0.5) is 0 Å². The van der Waals surface area contributed by atoms with Gasteiger partial charge in [-0.3, -0.25) is 14.5 Å². The Morgan fingerprint density at radius 3 is 2.65 bits per heavy atom. The molecular weight excluding hydrogens is 326 g/mol. The van der Waals surface area contributed by atoms with Crippen molar-refractivity contribution < 1.29 is 9.59 Å². The number of likely N-dealkylation sites (N-methyl/N-ethyl adjacent to an activating group) is 1. The normalized spacial score (nSPS) is 34.3. The number of benzene rings is 1. The zero-order valence-corrected chi connectivity index (χ0v) is 15.5. The number of nitrogens with zero attached hydrogens (tertiary/aromatic N) is 1. The number of nitrogens with one attached hydrogen (secondary N) is 2. The predicted molar refractivity (Wildman–Crippen MR) is 101 cm³/mol. The summed E-state index contributed by atoms with van der Waals surface area (Å²) in [6.07, 6.45) is 5.30. The minimum Gasteiger partial charge on any atom is -0.353 e. The molecule has 5 heteroatoms. The first kappa shape index (κ1) is 17.5. The summed E-state index contributed by atoms with van der Waals surface area (Å²) in [5, 5.41) is 6.18. The summed E-state index contributed by atoms with van der Waals surface area (Å²) >= 11 is 0. The maximum Gasteiger partial charge on any atom is 0.237 e. The molecule has 0 unspecified atom stereocenters. The van der Waals surface area contributed by atoms with Crippen molar-refractivity contribution in [2.24, 2.45) is 11.8 Å². The molecule has 5 nitrogen and oxygen atoms in total. The Balaban J connectivity index is 1.45. The third-order valence-corrected chi connectivity index (χ3v) is 6.67. The van der Waals surface area contributed by atoms with Crippen molar-refractivity contribution in [3.63, 3.8) is 0 Å². The van der Waals surface area contributed by atoms with Crippen molar-refractivity contribution in [2.45, 2.75) is 50.1 Å². The zero-order valence-electron chi connectivity index (χ0n) is 15.5. The van der Waals surface area contributed by atoms with Crippen LogP contribution < -0.4 is 10.6 Å². The molecule has 2 aliphatic carbocycles. The van der Waals surface area contributed by atoms with Crippen LogP contribution in [-0.2, 0) is 9.59 Å². The molecule has 0 spiro atoms. The minimum atomic E-state index is -0.346. The predicted octanol–water partition coefficient (Wildman–Crippen LogP) is 1.90. The fraction of sp³-hybridized carbons (Fsp3) is 0.619. The molecule has 0 radical (unpaired) electrons. The van der Waals surface area contributed by atoms with Gasteiger partial charge in [-0.2, -0.15) is 0 Å². The molecule has 2 N–H and O–H groups in total. The number of hydrogen-bond donors (Lipinski definition) is 2. The number of carbonyl (C=O) groups excluding carboxylic acids is 2. The van der Waals surface area contributed by atoms with Crippen LogP contribution in [0.3, 0.4) is 0 Å². The van der Waals surface area contributed by atoms with Gasteiger partial charge in [-0.05, 0) is 37.3 Å². The van der Waals surface area contributed by atoms with E-state index in [0.717, 1.165) is 6.54 Å². The van der Waals surface area contributed by atoms with Crippen LogP contribution in [0.1, 0.15) is 43.6 Å². The summed E-state index contributed by atoms with van der Waals surface area (Å²) in [6.45, 7) is 1.46. The van der Waals surface area contributed by atoms with Crippen molar-refractivity contribution in [1.82, 2.24) is 15.5 Å². The average Bonchev–Trinajstić information content (AvgIpc) is 2.64. The van der Waals surface area contributed by atoms with E-state index >= 15 is 0 Å². The maximum atomic E-state index is 12.7. The molecule has 1 saturated heterocycles. The highest BCUT2D eigenvalue weighted by atomic mass is 16.2. The standard InChI is InChI=1S/C21H29N3O2/c1-24-12-11-22-21(26)17(24)13-18(25)23-20-16-10-6-5-9-15(16)19(20)14-7-3-2-4-8-14/h2-4,7-8,15-17,19-20H,5-6,9-13H2,1H3,(H,22,26)(H,23,25)/t15-,16-,17-,19-,20-/m0/s1. The molecule has 5 atom stereocenters. The van der Waals surface area contributed by atoms with E-state index in [-0.39, 0.29) is 30.3 Å². The van der Waals surface area contributed by atoms with Crippen molar-refractivity contribution in [3.05, 3.63) is 35.9 Å². The summed E-state index contributed by atoms with van der Waals surface area (Å²) in [5.74, 6) is 1.68. The molecule has 1 heterocycles. The molecule has 140 valence electrons. The summed E-state index contributed by atoms with van der Waals surface area (Å²) < 4.78 is 0. The fourth-order valence-electron chi connectivity index (χ4n) is 5.29. The number of fused-ring (bicyclic) bond motifs is 1. The lowest BCUT2D eigenvalue weighted by Crippen LogP contribution is -2.61. The van der Waals surface area contributed by atoms with E-state index in [2.05, 4.69) is 34.9 Å². The molecule has 3 fully saturated rings. The van der Waals surface area contributed by atoms with Gasteiger partial charge in [0, 0.05) is 25.0 Å². The van der Waals surface area contributed by atoms with E-state index in [9.17, 15) is 9.59 Å². The Morgan fingerprint density at radius 2 is 1.92 bits per heavy atom. The average molecular weight is 355 g/mol. The number of hydrogen-bond acceptors (Lipinski definition) is 3. The van der Waals surface area contributed by atoms with Crippen LogP contribution in [0.25, 0.3) is 0 Å². The number of rotatable bonds is 4. The molecule has 2 amide bonds. The second kappa shape index (κ2) is 7.39. The fourth-order valence-corrected chi connectivity index (χ4v) is 5.29. The molecular formula is C21H29N3O2. The van der Waals surface area contributed by atoms with Gasteiger partial charge in [0.15, 0.2) is 0 Å². The quantitative estimate of drug-likeness (QED) is 0.867. The molecule has 1 aliphatic heterocycles. The summed E-state index contributed by atoms with van der Waals surface area (Å²) in [6, 6.07) is 10.5. The van der Waals surface area contributed by atoms with Gasteiger partial charge in [0.25, 0.3) is 0 Å². The first-order valence-electron chi connectivity index (χ1n) is 9.97. The van der Waals surface area contributed by atoms with Gasteiger partial charge in [0.1, 0.15) is 0 Å². The Kier molecular flexibility index (Phi) is 4.98. The van der Waals surface area contributed by atoms with Crippen molar-refractivity contribution in [3.8, 4) is 0 Å². The lowest BCUT2D eigenvalue weighted by atomic mass is 9.53. The van der Waals surface area contributed by atoms with E-state index in [0.29, 0.717) is 24.3 Å². The summed E-state index contributed by atoms with van der Waals surface area (Å²) in [4.78, 5) is 26.8. The molecule has 26 heavy (non-hydrogen) atoms. The minimum absolute atomic E-state index is 0.00820. The molecule has 3 aliphatic rings. The van der Waals surface area contributed by atoms with E-state index < -0.39 is 0 Å². The highest BCUT2D eigenvalue weighted by Gasteiger charge is 2.51. The van der Waals surface area contributed by atoms with Gasteiger partial charge in [0.2, 0.25) is 11.8 Å². The van der Waals surface area contributed by atoms with Crippen LogP contribution in [-0.4, -0.2) is 48.9 Å². The van der Waals surface area contributed by atoms with Crippen molar-refractivity contribution in [1.29, 1.82) is 0 Å². The monoisotopic (exact) mass is 355 g/mol.